The molecule has 1 rings (SSSR count). The summed E-state index contributed by atoms with van der Waals surface area (Å²) in [6, 6.07) is 0. The van der Waals surface area contributed by atoms with E-state index in [4.69, 9.17) is 17.3 Å². The predicted molar refractivity (Wildman–Crippen MR) is 37.1 cm³/mol. The summed E-state index contributed by atoms with van der Waals surface area (Å²) in [5, 5.41) is 0.556. The molecule has 0 radical (unpaired) electrons. The van der Waals surface area contributed by atoms with Gasteiger partial charge in [0.25, 0.3) is 0 Å². The van der Waals surface area contributed by atoms with E-state index in [0.717, 1.165) is 0 Å². The summed E-state index contributed by atoms with van der Waals surface area (Å²) in [6.45, 7) is 0. The summed E-state index contributed by atoms with van der Waals surface area (Å²) in [5.41, 5.74) is 5.27. The van der Waals surface area contributed by atoms with Gasteiger partial charge in [0.1, 0.15) is 10.8 Å². The number of nitrogens with two attached hydrogens (primary N) is 1. The first-order valence-corrected chi connectivity index (χ1v) is 2.94. The van der Waals surface area contributed by atoms with Crippen molar-refractivity contribution in [2.45, 2.75) is 5.16 Å². The van der Waals surface area contributed by atoms with Crippen LogP contribution in [0.2, 0.25) is 5.02 Å². The van der Waals surface area contributed by atoms with E-state index in [1.54, 1.807) is 0 Å². The maximum absolute atomic E-state index is 5.48. The smallest absolute Gasteiger partial charge is 0.740 e. The Morgan fingerprint density at radius 2 is 2.20 bits per heavy atom. The van der Waals surface area contributed by atoms with Crippen LogP contribution in [0.4, 0.5) is 5.82 Å². The van der Waals surface area contributed by atoms with Crippen LogP contribution in [0.15, 0.2) is 11.4 Å². The van der Waals surface area contributed by atoms with E-state index in [1.165, 1.54) is 6.20 Å². The number of halogens is 1. The van der Waals surface area contributed by atoms with Crippen molar-refractivity contribution in [3.8, 4) is 0 Å². The fourth-order valence-electron chi connectivity index (χ4n) is 0.363. The molecule has 3 nitrogen and oxygen atoms in total. The molecular weight excluding hydrogens is 181 g/mol. The molecule has 0 saturated heterocycles. The van der Waals surface area contributed by atoms with E-state index in [2.05, 4.69) is 22.6 Å². The SMILES string of the molecule is Nc1nc([S-])ncc1Cl.[Na+]. The Morgan fingerprint density at radius 3 is 2.60 bits per heavy atom. The third kappa shape index (κ3) is 2.56. The van der Waals surface area contributed by atoms with Crippen LogP contribution in [0.5, 0.6) is 0 Å². The zero-order chi connectivity index (χ0) is 6.85. The van der Waals surface area contributed by atoms with E-state index >= 15 is 0 Å². The van der Waals surface area contributed by atoms with Crippen molar-refractivity contribution in [1.29, 1.82) is 0 Å². The van der Waals surface area contributed by atoms with Gasteiger partial charge in [0.2, 0.25) is 0 Å². The van der Waals surface area contributed by atoms with Gasteiger partial charge in [0, 0.05) is 11.4 Å². The van der Waals surface area contributed by atoms with Gasteiger partial charge in [-0.15, -0.1) is 0 Å². The Hall–Kier alpha value is 0.390. The standard InChI is InChI=1S/C4H4ClN3S.Na/c5-2-1-7-4(9)8-3(2)6;/h1H,(H3,6,7,8,9);/q;+1/p-1. The summed E-state index contributed by atoms with van der Waals surface area (Å²) in [6.07, 6.45) is 1.38. The van der Waals surface area contributed by atoms with Crippen molar-refractivity contribution >= 4 is 30.0 Å². The zero-order valence-electron chi connectivity index (χ0n) is 5.34. The Balaban J connectivity index is 0.000000810. The molecule has 0 bridgehead atoms. The molecule has 6 heteroatoms. The third-order valence-electron chi connectivity index (χ3n) is 0.749. The molecule has 1 heterocycles. The summed E-state index contributed by atoms with van der Waals surface area (Å²) in [4.78, 5) is 7.25. The second kappa shape index (κ2) is 4.31. The minimum atomic E-state index is 0. The Bertz CT molecular complexity index is 232. The van der Waals surface area contributed by atoms with E-state index in [-0.39, 0.29) is 40.5 Å². The average molecular weight is 184 g/mol. The van der Waals surface area contributed by atoms with Gasteiger partial charge in [-0.05, 0) is 0 Å². The van der Waals surface area contributed by atoms with Crippen LogP contribution in [-0.4, -0.2) is 9.97 Å². The van der Waals surface area contributed by atoms with E-state index in [0.29, 0.717) is 5.02 Å². The van der Waals surface area contributed by atoms with Crippen molar-refractivity contribution in [3.05, 3.63) is 11.2 Å². The van der Waals surface area contributed by atoms with Crippen LogP contribution in [-0.2, 0) is 12.6 Å². The summed E-state index contributed by atoms with van der Waals surface area (Å²) >= 11 is 10.1. The fourth-order valence-corrected chi connectivity index (χ4v) is 0.605. The van der Waals surface area contributed by atoms with Crippen LogP contribution in [0, 0.1) is 0 Å². The van der Waals surface area contributed by atoms with Gasteiger partial charge in [0.05, 0.1) is 0 Å². The molecule has 1 aromatic heterocycles. The summed E-state index contributed by atoms with van der Waals surface area (Å²) in [5.74, 6) is 0.233. The first-order chi connectivity index (χ1) is 4.20. The number of nitrogen functional groups attached to an aromatic ring is 1. The van der Waals surface area contributed by atoms with Crippen molar-refractivity contribution in [2.24, 2.45) is 0 Å². The monoisotopic (exact) mass is 183 g/mol. The van der Waals surface area contributed by atoms with Gasteiger partial charge >= 0.3 is 29.6 Å². The zero-order valence-corrected chi connectivity index (χ0v) is 8.91. The normalized spacial score (nSPS) is 8.50. The molecule has 0 atom stereocenters. The van der Waals surface area contributed by atoms with Gasteiger partial charge in [-0.1, -0.05) is 11.6 Å². The van der Waals surface area contributed by atoms with Gasteiger partial charge < -0.3 is 18.4 Å². The van der Waals surface area contributed by atoms with Crippen molar-refractivity contribution in [2.75, 3.05) is 5.73 Å². The molecule has 10 heavy (non-hydrogen) atoms. The molecule has 0 spiro atoms. The van der Waals surface area contributed by atoms with Crippen molar-refractivity contribution in [1.82, 2.24) is 9.97 Å². The van der Waals surface area contributed by atoms with Crippen LogP contribution in [0.1, 0.15) is 0 Å². The molecule has 0 fully saturated rings. The van der Waals surface area contributed by atoms with Crippen molar-refractivity contribution < 1.29 is 29.6 Å². The number of nitrogens with zero attached hydrogens (tertiary/aromatic N) is 2. The van der Waals surface area contributed by atoms with Gasteiger partial charge in [0.15, 0.2) is 0 Å². The molecule has 48 valence electrons. The Morgan fingerprint density at radius 1 is 1.60 bits per heavy atom. The molecule has 1 aromatic rings. The average Bonchev–Trinajstić information content (AvgIpc) is 1.80. The van der Waals surface area contributed by atoms with Crippen LogP contribution in [0.25, 0.3) is 0 Å². The summed E-state index contributed by atoms with van der Waals surface area (Å²) in [7, 11) is 0. The van der Waals surface area contributed by atoms with Crippen molar-refractivity contribution in [3.63, 3.8) is 0 Å². The summed E-state index contributed by atoms with van der Waals surface area (Å²) < 4.78 is 0. The van der Waals surface area contributed by atoms with Gasteiger partial charge in [-0.2, -0.15) is 0 Å². The molecule has 0 saturated carbocycles. The molecule has 0 aromatic carbocycles. The number of hydrogen-bond donors (Lipinski definition) is 1. The van der Waals surface area contributed by atoms with E-state index in [9.17, 15) is 0 Å². The first-order valence-electron chi connectivity index (χ1n) is 2.15. The third-order valence-corrected chi connectivity index (χ3v) is 1.24. The first kappa shape index (κ1) is 10.4. The fraction of sp³-hybridized carbons (Fsp3) is 0. The Labute approximate surface area is 91.1 Å². The number of aromatic nitrogens is 2. The van der Waals surface area contributed by atoms with Gasteiger partial charge in [-0.25, -0.2) is 4.98 Å². The molecule has 0 unspecified atom stereocenters. The molecule has 2 N–H and O–H groups in total. The minimum Gasteiger partial charge on any atom is -0.740 e. The van der Waals surface area contributed by atoms with Crippen LogP contribution in [0.3, 0.4) is 0 Å². The second-order valence-electron chi connectivity index (χ2n) is 1.39. The number of anilines is 1. The van der Waals surface area contributed by atoms with E-state index < -0.39 is 0 Å². The predicted octanol–water partition coefficient (Wildman–Crippen LogP) is -2.38. The number of rotatable bonds is 0. The minimum absolute atomic E-state index is 0. The maximum atomic E-state index is 5.48. The van der Waals surface area contributed by atoms with Crippen LogP contribution < -0.4 is 35.3 Å². The maximum Gasteiger partial charge on any atom is 1.00 e. The molecular formula is C4H3ClN3NaS. The Kier molecular flexibility index (Phi) is 4.47. The quantitative estimate of drug-likeness (QED) is 0.277. The molecule has 0 aliphatic carbocycles. The number of hydrogen-bond acceptors (Lipinski definition) is 4. The molecule has 0 aliphatic heterocycles. The van der Waals surface area contributed by atoms with E-state index in [1.807, 2.05) is 0 Å². The molecule has 0 aliphatic rings. The molecule has 0 amide bonds. The topological polar surface area (TPSA) is 51.8 Å². The van der Waals surface area contributed by atoms with Gasteiger partial charge in [-0.3, -0.25) is 4.98 Å². The van der Waals surface area contributed by atoms with Crippen LogP contribution >= 0.6 is 11.6 Å². The second-order valence-corrected chi connectivity index (χ2v) is 2.16. The largest absolute Gasteiger partial charge is 1.00 e.